The van der Waals surface area contributed by atoms with Crippen molar-refractivity contribution in [3.8, 4) is 44.5 Å². The van der Waals surface area contributed by atoms with Gasteiger partial charge in [0.2, 0.25) is 0 Å². The Bertz CT molecular complexity index is 2590. The Morgan fingerprint density at radius 2 is 0.900 bits per heavy atom. The van der Waals surface area contributed by atoms with Gasteiger partial charge in [-0.15, -0.1) is 0 Å². The van der Waals surface area contributed by atoms with Crippen molar-refractivity contribution in [1.82, 2.24) is 0 Å². The van der Waals surface area contributed by atoms with Crippen LogP contribution in [0.2, 0.25) is 0 Å². The van der Waals surface area contributed by atoms with Gasteiger partial charge >= 0.3 is 0 Å². The number of furan rings is 1. The first-order valence-electron chi connectivity index (χ1n) is 17.0. The van der Waals surface area contributed by atoms with Crippen molar-refractivity contribution in [3.05, 3.63) is 200 Å². The summed E-state index contributed by atoms with van der Waals surface area (Å²) in [4.78, 5) is 2.42. The molecule has 0 bridgehead atoms. The van der Waals surface area contributed by atoms with Gasteiger partial charge in [-0.2, -0.15) is 0 Å². The zero-order valence-corrected chi connectivity index (χ0v) is 27.4. The summed E-state index contributed by atoms with van der Waals surface area (Å²) in [5, 5.41) is 2.17. The van der Waals surface area contributed by atoms with Gasteiger partial charge in [-0.25, -0.2) is 0 Å². The second kappa shape index (κ2) is 12.8. The highest BCUT2D eigenvalue weighted by Crippen LogP contribution is 2.49. The fraction of sp³-hybridized carbons (Fsp3) is 0. The Kier molecular flexibility index (Phi) is 7.53. The van der Waals surface area contributed by atoms with Crippen molar-refractivity contribution in [2.45, 2.75) is 0 Å². The highest BCUT2D eigenvalue weighted by atomic mass is 16.3. The van der Waals surface area contributed by atoms with E-state index < -0.39 is 0 Å². The summed E-state index contributed by atoms with van der Waals surface area (Å²) in [6.45, 7) is 0. The lowest BCUT2D eigenvalue weighted by atomic mass is 9.92. The lowest BCUT2D eigenvalue weighted by Gasteiger charge is -2.29. The maximum absolute atomic E-state index is 6.76. The summed E-state index contributed by atoms with van der Waals surface area (Å²) in [6, 6.07) is 71.0. The van der Waals surface area contributed by atoms with E-state index in [-0.39, 0.29) is 0 Å². The average molecular weight is 640 g/mol. The van der Waals surface area contributed by atoms with Crippen molar-refractivity contribution in [1.29, 1.82) is 0 Å². The molecule has 9 rings (SSSR count). The number of benzene rings is 8. The molecule has 0 saturated carbocycles. The van der Waals surface area contributed by atoms with E-state index in [0.29, 0.717) is 0 Å². The molecule has 9 aromatic rings. The van der Waals surface area contributed by atoms with Gasteiger partial charge in [0.05, 0.1) is 16.8 Å². The molecule has 0 spiro atoms. The lowest BCUT2D eigenvalue weighted by molar-refractivity contribution is 0.670. The van der Waals surface area contributed by atoms with Gasteiger partial charge in [-0.3, -0.25) is 0 Å². The molecule has 0 radical (unpaired) electrons. The molecule has 0 aliphatic rings. The van der Waals surface area contributed by atoms with E-state index in [0.717, 1.165) is 61.3 Å². The number of fused-ring (bicyclic) bond motifs is 3. The van der Waals surface area contributed by atoms with Gasteiger partial charge in [0.1, 0.15) is 11.2 Å². The van der Waals surface area contributed by atoms with E-state index in [1.807, 2.05) is 6.07 Å². The molecule has 0 unspecified atom stereocenters. The Morgan fingerprint density at radius 3 is 1.64 bits per heavy atom. The number of para-hydroxylation sites is 2. The van der Waals surface area contributed by atoms with Gasteiger partial charge in [0.25, 0.3) is 0 Å². The largest absolute Gasteiger partial charge is 0.455 e. The van der Waals surface area contributed by atoms with E-state index in [9.17, 15) is 0 Å². The molecule has 50 heavy (non-hydrogen) atoms. The molecule has 2 heteroatoms. The van der Waals surface area contributed by atoms with Gasteiger partial charge in [0.15, 0.2) is 0 Å². The Labute approximate surface area is 292 Å². The number of hydrogen-bond acceptors (Lipinski definition) is 2. The first kappa shape index (κ1) is 29.5. The Morgan fingerprint density at radius 1 is 0.340 bits per heavy atom. The van der Waals surface area contributed by atoms with Crippen molar-refractivity contribution in [2.75, 3.05) is 4.90 Å². The standard InChI is InChI=1S/C48H33NO/c1-4-17-34(18-5-1)37-23-16-24-38(33-37)49(44-29-14-12-27-42(44)41-26-11-10-25-39(41)35-19-6-2-7-20-35)45-32-31-40(36-21-8-3-9-22-36)48-47(45)43-28-13-15-30-46(43)50-48/h1-33H. The summed E-state index contributed by atoms with van der Waals surface area (Å²) in [7, 11) is 0. The minimum Gasteiger partial charge on any atom is -0.455 e. The van der Waals surface area contributed by atoms with Crippen molar-refractivity contribution >= 4 is 39.0 Å². The fourth-order valence-electron chi connectivity index (χ4n) is 7.19. The molecule has 0 atom stereocenters. The summed E-state index contributed by atoms with van der Waals surface area (Å²) in [5.74, 6) is 0. The van der Waals surface area contributed by atoms with Crippen LogP contribution in [0.4, 0.5) is 17.1 Å². The zero-order valence-electron chi connectivity index (χ0n) is 27.4. The quantitative estimate of drug-likeness (QED) is 0.173. The van der Waals surface area contributed by atoms with Crippen molar-refractivity contribution in [3.63, 3.8) is 0 Å². The molecule has 236 valence electrons. The third kappa shape index (κ3) is 5.24. The summed E-state index contributed by atoms with van der Waals surface area (Å²) in [5.41, 5.74) is 14.2. The number of rotatable bonds is 7. The predicted octanol–water partition coefficient (Wildman–Crippen LogP) is 13.7. The van der Waals surface area contributed by atoms with Crippen LogP contribution in [-0.4, -0.2) is 0 Å². The molecule has 0 N–H and O–H groups in total. The number of anilines is 3. The van der Waals surface area contributed by atoms with Gasteiger partial charge < -0.3 is 9.32 Å². The maximum atomic E-state index is 6.76. The number of hydrogen-bond donors (Lipinski definition) is 0. The zero-order chi connectivity index (χ0) is 33.3. The van der Waals surface area contributed by atoms with Crippen LogP contribution in [0.15, 0.2) is 205 Å². The van der Waals surface area contributed by atoms with E-state index in [1.54, 1.807) is 0 Å². The minimum absolute atomic E-state index is 0.868. The average Bonchev–Trinajstić information content (AvgIpc) is 3.59. The normalized spacial score (nSPS) is 11.2. The summed E-state index contributed by atoms with van der Waals surface area (Å²) in [6.07, 6.45) is 0. The second-order valence-corrected chi connectivity index (χ2v) is 12.5. The topological polar surface area (TPSA) is 16.4 Å². The fourth-order valence-corrected chi connectivity index (χ4v) is 7.19. The monoisotopic (exact) mass is 639 g/mol. The highest BCUT2D eigenvalue weighted by molar-refractivity contribution is 6.17. The summed E-state index contributed by atoms with van der Waals surface area (Å²) >= 11 is 0. The van der Waals surface area contributed by atoms with Gasteiger partial charge in [-0.05, 0) is 69.8 Å². The van der Waals surface area contributed by atoms with Crippen LogP contribution in [0.1, 0.15) is 0 Å². The van der Waals surface area contributed by atoms with Crippen molar-refractivity contribution < 1.29 is 4.42 Å². The summed E-state index contributed by atoms with van der Waals surface area (Å²) < 4.78 is 6.76. The molecule has 1 aromatic heterocycles. The van der Waals surface area contributed by atoms with E-state index in [4.69, 9.17) is 4.42 Å². The minimum atomic E-state index is 0.868. The third-order valence-electron chi connectivity index (χ3n) is 9.49. The highest BCUT2D eigenvalue weighted by Gasteiger charge is 2.24. The molecular weight excluding hydrogens is 607 g/mol. The first-order valence-corrected chi connectivity index (χ1v) is 17.0. The molecule has 0 amide bonds. The molecule has 1 heterocycles. The van der Waals surface area contributed by atoms with E-state index in [1.165, 1.54) is 22.3 Å². The molecule has 2 nitrogen and oxygen atoms in total. The van der Waals surface area contributed by atoms with Crippen LogP contribution in [0.25, 0.3) is 66.4 Å². The predicted molar refractivity (Wildman–Crippen MR) is 210 cm³/mol. The molecule has 0 aliphatic heterocycles. The van der Waals surface area contributed by atoms with E-state index >= 15 is 0 Å². The Balaban J connectivity index is 1.35. The smallest absolute Gasteiger partial charge is 0.145 e. The molecular formula is C48H33NO. The second-order valence-electron chi connectivity index (χ2n) is 12.5. The first-order chi connectivity index (χ1) is 24.8. The van der Waals surface area contributed by atoms with Crippen LogP contribution in [0.5, 0.6) is 0 Å². The van der Waals surface area contributed by atoms with Crippen LogP contribution in [0, 0.1) is 0 Å². The molecule has 0 aliphatic carbocycles. The molecule has 0 fully saturated rings. The van der Waals surface area contributed by atoms with E-state index in [2.05, 4.69) is 199 Å². The number of nitrogens with zero attached hydrogens (tertiary/aromatic N) is 1. The van der Waals surface area contributed by atoms with Crippen LogP contribution in [0.3, 0.4) is 0 Å². The van der Waals surface area contributed by atoms with Crippen LogP contribution in [-0.2, 0) is 0 Å². The Hall–Kier alpha value is -6.64. The third-order valence-corrected chi connectivity index (χ3v) is 9.49. The molecule has 8 aromatic carbocycles. The van der Waals surface area contributed by atoms with Crippen LogP contribution >= 0.6 is 0 Å². The SMILES string of the molecule is c1ccc(-c2cccc(N(c3ccccc3-c3ccccc3-c3ccccc3)c3ccc(-c4ccccc4)c4oc5ccccc5c34)c2)cc1. The molecule has 0 saturated heterocycles. The van der Waals surface area contributed by atoms with Gasteiger partial charge in [0, 0.05) is 22.2 Å². The lowest BCUT2D eigenvalue weighted by Crippen LogP contribution is -2.12. The van der Waals surface area contributed by atoms with Crippen molar-refractivity contribution in [2.24, 2.45) is 0 Å². The maximum Gasteiger partial charge on any atom is 0.145 e. The van der Waals surface area contributed by atoms with Crippen LogP contribution < -0.4 is 4.90 Å². The van der Waals surface area contributed by atoms with Gasteiger partial charge in [-0.1, -0.05) is 164 Å².